The Morgan fingerprint density at radius 3 is 2.88 bits per heavy atom. The summed E-state index contributed by atoms with van der Waals surface area (Å²) >= 11 is 0. The molecular weight excluding hydrogens is 306 g/mol. The number of carbonyl (C=O) groups excluding carboxylic acids is 2. The Kier molecular flexibility index (Phi) is 4.37. The van der Waals surface area contributed by atoms with Gasteiger partial charge in [-0.1, -0.05) is 18.2 Å². The van der Waals surface area contributed by atoms with Crippen molar-refractivity contribution >= 4 is 23.3 Å². The highest BCUT2D eigenvalue weighted by atomic mass is 16.5. The number of carbonyl (C=O) groups is 2. The van der Waals surface area contributed by atoms with Gasteiger partial charge in [-0.05, 0) is 36.2 Å². The minimum absolute atomic E-state index is 0.00136. The van der Waals surface area contributed by atoms with Crippen LogP contribution >= 0.6 is 0 Å². The largest absolute Gasteiger partial charge is 0.497 e. The molecule has 1 heterocycles. The van der Waals surface area contributed by atoms with Crippen LogP contribution in [-0.2, 0) is 11.2 Å². The van der Waals surface area contributed by atoms with Crippen molar-refractivity contribution in [2.45, 2.75) is 19.4 Å². The second-order valence-electron chi connectivity index (χ2n) is 5.69. The third-order valence-electron chi connectivity index (χ3n) is 3.93. The topological polar surface area (TPSA) is 79.5 Å². The van der Waals surface area contributed by atoms with E-state index in [9.17, 15) is 9.59 Å². The van der Waals surface area contributed by atoms with E-state index in [1.165, 1.54) is 0 Å². The highest BCUT2D eigenvalue weighted by Gasteiger charge is 2.19. The normalized spacial score (nSPS) is 13.7. The van der Waals surface area contributed by atoms with Crippen LogP contribution in [0.3, 0.4) is 0 Å². The number of fused-ring (bicyclic) bond motifs is 1. The minimum atomic E-state index is -0.301. The van der Waals surface area contributed by atoms with Crippen LogP contribution in [0.15, 0.2) is 42.5 Å². The first-order valence-corrected chi connectivity index (χ1v) is 7.69. The van der Waals surface area contributed by atoms with Gasteiger partial charge in [0, 0.05) is 17.4 Å². The number of urea groups is 1. The van der Waals surface area contributed by atoms with E-state index in [0.717, 1.165) is 16.8 Å². The standard InChI is InChI=1S/C18H19N3O3/c1-11(12-6-7-16-13(8-12)9-17(22)21-16)19-18(23)20-14-4-3-5-15(10-14)24-2/h3-8,10-11H,9H2,1-2H3,(H,21,22)(H2,19,20,23)/t11-/m0/s1. The smallest absolute Gasteiger partial charge is 0.319 e. The Bertz CT molecular complexity index is 789. The lowest BCUT2D eigenvalue weighted by Gasteiger charge is -2.16. The van der Waals surface area contributed by atoms with Crippen LogP contribution in [-0.4, -0.2) is 19.0 Å². The Morgan fingerprint density at radius 1 is 1.25 bits per heavy atom. The van der Waals surface area contributed by atoms with Crippen LogP contribution in [0.5, 0.6) is 5.75 Å². The molecule has 3 amide bonds. The Balaban J connectivity index is 1.64. The van der Waals surface area contributed by atoms with Gasteiger partial charge in [0.15, 0.2) is 0 Å². The van der Waals surface area contributed by atoms with Crippen molar-refractivity contribution in [1.29, 1.82) is 0 Å². The zero-order chi connectivity index (χ0) is 17.1. The molecule has 1 atom stereocenters. The molecule has 3 N–H and O–H groups in total. The molecule has 1 aliphatic rings. The summed E-state index contributed by atoms with van der Waals surface area (Å²) in [6.45, 7) is 1.90. The second-order valence-corrected chi connectivity index (χ2v) is 5.69. The maximum atomic E-state index is 12.2. The molecule has 0 unspecified atom stereocenters. The van der Waals surface area contributed by atoms with Crippen LogP contribution in [0.2, 0.25) is 0 Å². The number of anilines is 2. The summed E-state index contributed by atoms with van der Waals surface area (Å²) in [6, 6.07) is 12.4. The summed E-state index contributed by atoms with van der Waals surface area (Å²) in [5, 5.41) is 8.47. The van der Waals surface area contributed by atoms with Crippen LogP contribution in [0.25, 0.3) is 0 Å². The summed E-state index contributed by atoms with van der Waals surface area (Å²) in [6.07, 6.45) is 0.381. The van der Waals surface area contributed by atoms with Gasteiger partial charge in [0.25, 0.3) is 0 Å². The van der Waals surface area contributed by atoms with E-state index in [-0.39, 0.29) is 18.0 Å². The molecule has 2 aromatic rings. The SMILES string of the molecule is COc1cccc(NC(=O)N[C@@H](C)c2ccc3c(c2)CC(=O)N3)c1. The molecule has 0 aliphatic carbocycles. The number of nitrogens with one attached hydrogen (secondary N) is 3. The van der Waals surface area contributed by atoms with Crippen molar-refractivity contribution in [3.63, 3.8) is 0 Å². The third-order valence-corrected chi connectivity index (χ3v) is 3.93. The van der Waals surface area contributed by atoms with Crippen LogP contribution in [0.1, 0.15) is 24.1 Å². The summed E-state index contributed by atoms with van der Waals surface area (Å²) < 4.78 is 5.13. The second kappa shape index (κ2) is 6.62. The van der Waals surface area contributed by atoms with Crippen molar-refractivity contribution in [2.24, 2.45) is 0 Å². The molecule has 0 fully saturated rings. The number of hydrogen-bond donors (Lipinski definition) is 3. The highest BCUT2D eigenvalue weighted by Crippen LogP contribution is 2.26. The lowest BCUT2D eigenvalue weighted by atomic mass is 10.0. The fourth-order valence-electron chi connectivity index (χ4n) is 2.67. The Morgan fingerprint density at radius 2 is 2.08 bits per heavy atom. The number of hydrogen-bond acceptors (Lipinski definition) is 3. The van der Waals surface area contributed by atoms with Crippen molar-refractivity contribution in [1.82, 2.24) is 5.32 Å². The number of ether oxygens (including phenoxy) is 1. The monoisotopic (exact) mass is 325 g/mol. The fraction of sp³-hybridized carbons (Fsp3) is 0.222. The van der Waals surface area contributed by atoms with E-state index in [0.29, 0.717) is 17.9 Å². The average Bonchev–Trinajstić information content (AvgIpc) is 2.93. The van der Waals surface area contributed by atoms with E-state index >= 15 is 0 Å². The predicted molar refractivity (Wildman–Crippen MR) is 92.3 cm³/mol. The first kappa shape index (κ1) is 15.9. The molecule has 3 rings (SSSR count). The predicted octanol–water partition coefficient (Wildman–Crippen LogP) is 3.07. The van der Waals surface area contributed by atoms with Gasteiger partial charge in [-0.15, -0.1) is 0 Å². The average molecular weight is 325 g/mol. The highest BCUT2D eigenvalue weighted by molar-refractivity contribution is 5.99. The molecule has 6 heteroatoms. The van der Waals surface area contributed by atoms with E-state index < -0.39 is 0 Å². The van der Waals surface area contributed by atoms with Gasteiger partial charge in [-0.25, -0.2) is 4.79 Å². The zero-order valence-electron chi connectivity index (χ0n) is 13.6. The number of methoxy groups -OCH3 is 1. The van der Waals surface area contributed by atoms with Gasteiger partial charge in [-0.3, -0.25) is 4.79 Å². The lowest BCUT2D eigenvalue weighted by Crippen LogP contribution is -2.31. The summed E-state index contributed by atoms with van der Waals surface area (Å²) in [7, 11) is 1.58. The van der Waals surface area contributed by atoms with Crippen molar-refractivity contribution in [3.05, 3.63) is 53.6 Å². The van der Waals surface area contributed by atoms with E-state index in [1.54, 1.807) is 19.2 Å². The van der Waals surface area contributed by atoms with E-state index in [4.69, 9.17) is 4.74 Å². The van der Waals surface area contributed by atoms with Crippen molar-refractivity contribution in [2.75, 3.05) is 17.7 Å². The van der Waals surface area contributed by atoms with Gasteiger partial charge >= 0.3 is 6.03 Å². The first-order chi connectivity index (χ1) is 11.5. The van der Waals surface area contributed by atoms with Gasteiger partial charge in [0.2, 0.25) is 5.91 Å². The van der Waals surface area contributed by atoms with Gasteiger partial charge < -0.3 is 20.7 Å². The molecule has 1 aliphatic heterocycles. The molecule has 0 bridgehead atoms. The summed E-state index contributed by atoms with van der Waals surface area (Å²) in [4.78, 5) is 23.6. The molecule has 2 aromatic carbocycles. The van der Waals surface area contributed by atoms with Gasteiger partial charge in [0.05, 0.1) is 19.6 Å². The van der Waals surface area contributed by atoms with Gasteiger partial charge in [-0.2, -0.15) is 0 Å². The van der Waals surface area contributed by atoms with Crippen LogP contribution < -0.4 is 20.7 Å². The minimum Gasteiger partial charge on any atom is -0.497 e. The molecule has 0 saturated heterocycles. The summed E-state index contributed by atoms with van der Waals surface area (Å²) in [5.74, 6) is 0.676. The molecule has 0 aromatic heterocycles. The number of benzene rings is 2. The van der Waals surface area contributed by atoms with E-state index in [2.05, 4.69) is 16.0 Å². The van der Waals surface area contributed by atoms with Crippen LogP contribution in [0.4, 0.5) is 16.2 Å². The maximum Gasteiger partial charge on any atom is 0.319 e. The van der Waals surface area contributed by atoms with Crippen molar-refractivity contribution < 1.29 is 14.3 Å². The number of rotatable bonds is 4. The zero-order valence-corrected chi connectivity index (χ0v) is 13.6. The first-order valence-electron chi connectivity index (χ1n) is 7.69. The Hall–Kier alpha value is -3.02. The number of amides is 3. The lowest BCUT2D eigenvalue weighted by molar-refractivity contribution is -0.115. The quantitative estimate of drug-likeness (QED) is 0.808. The molecule has 0 saturated carbocycles. The Labute approximate surface area is 140 Å². The van der Waals surface area contributed by atoms with Crippen molar-refractivity contribution in [3.8, 4) is 5.75 Å². The molecule has 6 nitrogen and oxygen atoms in total. The third kappa shape index (κ3) is 3.48. The maximum absolute atomic E-state index is 12.2. The summed E-state index contributed by atoms with van der Waals surface area (Å²) in [5.41, 5.74) is 3.41. The fourth-order valence-corrected chi connectivity index (χ4v) is 2.67. The molecule has 0 radical (unpaired) electrons. The van der Waals surface area contributed by atoms with E-state index in [1.807, 2.05) is 37.3 Å². The molecule has 0 spiro atoms. The van der Waals surface area contributed by atoms with Crippen LogP contribution in [0, 0.1) is 0 Å². The van der Waals surface area contributed by atoms with Gasteiger partial charge in [0.1, 0.15) is 5.75 Å². The molecule has 124 valence electrons. The molecule has 24 heavy (non-hydrogen) atoms. The molecular formula is C18H19N3O3.